The molecule has 17 heavy (non-hydrogen) atoms. The number of benzene rings is 1. The molecule has 1 unspecified atom stereocenters. The molecule has 1 amide bonds. The van der Waals surface area contributed by atoms with Crippen LogP contribution in [0.4, 0.5) is 4.39 Å². The van der Waals surface area contributed by atoms with Gasteiger partial charge in [0.25, 0.3) is 0 Å². The zero-order valence-electron chi connectivity index (χ0n) is 10.7. The minimum absolute atomic E-state index is 0.00880. The molecule has 0 aliphatic heterocycles. The Labute approximate surface area is 102 Å². The summed E-state index contributed by atoms with van der Waals surface area (Å²) in [6.07, 6.45) is 0. The lowest BCUT2D eigenvalue weighted by molar-refractivity contribution is -0.130. The van der Waals surface area contributed by atoms with Crippen LogP contribution in [0.15, 0.2) is 24.3 Å². The normalized spacial score (nSPS) is 14.2. The maximum atomic E-state index is 12.8. The van der Waals surface area contributed by atoms with E-state index in [4.69, 9.17) is 0 Å². The van der Waals surface area contributed by atoms with Crippen molar-refractivity contribution in [2.75, 3.05) is 14.1 Å². The van der Waals surface area contributed by atoms with E-state index in [1.807, 2.05) is 13.8 Å². The molecule has 0 aromatic heterocycles. The van der Waals surface area contributed by atoms with Crippen molar-refractivity contribution in [2.24, 2.45) is 0 Å². The molecule has 0 aliphatic rings. The van der Waals surface area contributed by atoms with E-state index in [9.17, 15) is 9.18 Å². The molecule has 1 aromatic carbocycles. The van der Waals surface area contributed by atoms with E-state index in [1.54, 1.807) is 31.1 Å². The van der Waals surface area contributed by atoms with Gasteiger partial charge in [0.1, 0.15) is 5.82 Å². The van der Waals surface area contributed by atoms with E-state index >= 15 is 0 Å². The molecule has 94 valence electrons. The summed E-state index contributed by atoms with van der Waals surface area (Å²) in [5.41, 5.74) is 0.963. The van der Waals surface area contributed by atoms with E-state index in [0.717, 1.165) is 5.56 Å². The van der Waals surface area contributed by atoms with Crippen LogP contribution in [-0.4, -0.2) is 30.9 Å². The summed E-state index contributed by atoms with van der Waals surface area (Å²) in [7, 11) is 3.45. The second kappa shape index (κ2) is 5.77. The summed E-state index contributed by atoms with van der Waals surface area (Å²) in [6, 6.07) is 6.04. The Morgan fingerprint density at radius 1 is 1.24 bits per heavy atom. The van der Waals surface area contributed by atoms with Crippen LogP contribution in [0.3, 0.4) is 0 Å². The van der Waals surface area contributed by atoms with E-state index in [0.29, 0.717) is 0 Å². The fourth-order valence-corrected chi connectivity index (χ4v) is 1.68. The Hall–Kier alpha value is -1.42. The second-order valence-electron chi connectivity index (χ2n) is 4.39. The highest BCUT2D eigenvalue weighted by molar-refractivity contribution is 5.80. The Balaban J connectivity index is 2.63. The summed E-state index contributed by atoms with van der Waals surface area (Å²) in [4.78, 5) is 13.2. The van der Waals surface area contributed by atoms with Crippen molar-refractivity contribution in [3.8, 4) is 0 Å². The minimum Gasteiger partial charge on any atom is -0.347 e. The van der Waals surface area contributed by atoms with Crippen LogP contribution in [-0.2, 0) is 4.79 Å². The van der Waals surface area contributed by atoms with Crippen LogP contribution in [0.5, 0.6) is 0 Å². The first-order valence-electron chi connectivity index (χ1n) is 5.64. The summed E-state index contributed by atoms with van der Waals surface area (Å²) in [5.74, 6) is -0.225. The van der Waals surface area contributed by atoms with Crippen molar-refractivity contribution < 1.29 is 9.18 Å². The van der Waals surface area contributed by atoms with Gasteiger partial charge >= 0.3 is 0 Å². The monoisotopic (exact) mass is 238 g/mol. The summed E-state index contributed by atoms with van der Waals surface area (Å²) >= 11 is 0. The van der Waals surface area contributed by atoms with Crippen LogP contribution < -0.4 is 5.32 Å². The van der Waals surface area contributed by atoms with Crippen LogP contribution in [0, 0.1) is 5.82 Å². The quantitative estimate of drug-likeness (QED) is 0.869. The van der Waals surface area contributed by atoms with Gasteiger partial charge in [0, 0.05) is 20.1 Å². The lowest BCUT2D eigenvalue weighted by Gasteiger charge is -2.22. The summed E-state index contributed by atoms with van der Waals surface area (Å²) < 4.78 is 12.8. The fourth-order valence-electron chi connectivity index (χ4n) is 1.68. The summed E-state index contributed by atoms with van der Waals surface area (Å²) in [5, 5.41) is 3.18. The highest BCUT2D eigenvalue weighted by Crippen LogP contribution is 2.13. The average Bonchev–Trinajstić information content (AvgIpc) is 2.28. The van der Waals surface area contributed by atoms with Gasteiger partial charge in [0.05, 0.1) is 6.04 Å². The van der Waals surface area contributed by atoms with Crippen molar-refractivity contribution >= 4 is 5.91 Å². The summed E-state index contributed by atoms with van der Waals surface area (Å²) in [6.45, 7) is 3.77. The molecule has 0 saturated heterocycles. The molecule has 0 spiro atoms. The van der Waals surface area contributed by atoms with Gasteiger partial charge in [-0.05, 0) is 31.5 Å². The molecule has 0 aliphatic carbocycles. The Morgan fingerprint density at radius 3 is 2.24 bits per heavy atom. The molecule has 0 saturated carbocycles. The number of carbonyl (C=O) groups excluding carboxylic acids is 1. The molecule has 0 radical (unpaired) electrons. The third-order valence-corrected chi connectivity index (χ3v) is 2.68. The van der Waals surface area contributed by atoms with Gasteiger partial charge < -0.3 is 4.90 Å². The van der Waals surface area contributed by atoms with Crippen LogP contribution >= 0.6 is 0 Å². The van der Waals surface area contributed by atoms with Crippen molar-refractivity contribution in [3.63, 3.8) is 0 Å². The maximum absolute atomic E-state index is 12.8. The van der Waals surface area contributed by atoms with Crippen LogP contribution in [0.1, 0.15) is 25.5 Å². The SMILES string of the molecule is CC(N[C@@H](C)c1ccc(F)cc1)C(=O)N(C)C. The van der Waals surface area contributed by atoms with E-state index in [2.05, 4.69) is 5.32 Å². The molecule has 2 atom stereocenters. The molecule has 0 bridgehead atoms. The van der Waals surface area contributed by atoms with Gasteiger partial charge in [-0.3, -0.25) is 10.1 Å². The molecule has 4 heteroatoms. The second-order valence-corrected chi connectivity index (χ2v) is 4.39. The molecular weight excluding hydrogens is 219 g/mol. The largest absolute Gasteiger partial charge is 0.347 e. The highest BCUT2D eigenvalue weighted by Gasteiger charge is 2.17. The number of rotatable bonds is 4. The van der Waals surface area contributed by atoms with E-state index in [-0.39, 0.29) is 23.8 Å². The Bertz CT molecular complexity index is 376. The van der Waals surface area contributed by atoms with Crippen molar-refractivity contribution in [3.05, 3.63) is 35.6 Å². The number of hydrogen-bond acceptors (Lipinski definition) is 2. The van der Waals surface area contributed by atoms with E-state index in [1.165, 1.54) is 12.1 Å². The number of amides is 1. The minimum atomic E-state index is -0.259. The molecule has 0 fully saturated rings. The fraction of sp³-hybridized carbons (Fsp3) is 0.462. The van der Waals surface area contributed by atoms with Crippen molar-refractivity contribution in [2.45, 2.75) is 25.9 Å². The first-order valence-corrected chi connectivity index (χ1v) is 5.64. The Morgan fingerprint density at radius 2 is 1.76 bits per heavy atom. The van der Waals surface area contributed by atoms with Crippen molar-refractivity contribution in [1.29, 1.82) is 0 Å². The molecule has 1 aromatic rings. The lowest BCUT2D eigenvalue weighted by atomic mass is 10.1. The zero-order chi connectivity index (χ0) is 13.0. The van der Waals surface area contributed by atoms with Gasteiger partial charge in [-0.2, -0.15) is 0 Å². The first-order chi connectivity index (χ1) is 7.91. The van der Waals surface area contributed by atoms with Crippen LogP contribution in [0.25, 0.3) is 0 Å². The predicted octanol–water partition coefficient (Wildman–Crippen LogP) is 1.95. The number of nitrogens with one attached hydrogen (secondary N) is 1. The Kier molecular flexibility index (Phi) is 4.63. The maximum Gasteiger partial charge on any atom is 0.238 e. The van der Waals surface area contributed by atoms with Gasteiger partial charge in [-0.25, -0.2) is 4.39 Å². The number of nitrogens with zero attached hydrogens (tertiary/aromatic N) is 1. The van der Waals surface area contributed by atoms with Gasteiger partial charge in [0.2, 0.25) is 5.91 Å². The lowest BCUT2D eigenvalue weighted by Crippen LogP contribution is -2.42. The molecule has 1 rings (SSSR count). The standard InChI is InChI=1S/C13H19FN2O/c1-9(11-5-7-12(14)8-6-11)15-10(2)13(17)16(3)4/h5-10,15H,1-4H3/t9-,10?/m0/s1. The average molecular weight is 238 g/mol. The molecule has 0 heterocycles. The molecule has 3 nitrogen and oxygen atoms in total. The smallest absolute Gasteiger partial charge is 0.238 e. The number of likely N-dealkylation sites (N-methyl/N-ethyl adjacent to an activating group) is 1. The first kappa shape index (κ1) is 13.6. The van der Waals surface area contributed by atoms with Gasteiger partial charge in [-0.1, -0.05) is 12.1 Å². The zero-order valence-corrected chi connectivity index (χ0v) is 10.7. The third-order valence-electron chi connectivity index (χ3n) is 2.68. The number of hydrogen-bond donors (Lipinski definition) is 1. The topological polar surface area (TPSA) is 32.3 Å². The van der Waals surface area contributed by atoms with Crippen LogP contribution in [0.2, 0.25) is 0 Å². The molecular formula is C13H19FN2O. The van der Waals surface area contributed by atoms with Gasteiger partial charge in [0.15, 0.2) is 0 Å². The van der Waals surface area contributed by atoms with Crippen molar-refractivity contribution in [1.82, 2.24) is 10.2 Å². The number of carbonyl (C=O) groups is 1. The third kappa shape index (κ3) is 3.82. The molecule has 1 N–H and O–H groups in total. The van der Waals surface area contributed by atoms with E-state index < -0.39 is 0 Å². The van der Waals surface area contributed by atoms with Gasteiger partial charge in [-0.15, -0.1) is 0 Å². The predicted molar refractivity (Wildman–Crippen MR) is 66.1 cm³/mol. The highest BCUT2D eigenvalue weighted by atomic mass is 19.1. The number of halogens is 1.